The highest BCUT2D eigenvalue weighted by atomic mass is 16.5. The Morgan fingerprint density at radius 1 is 1.04 bits per heavy atom. The van der Waals surface area contributed by atoms with Crippen molar-refractivity contribution in [1.82, 2.24) is 10.3 Å². The molecule has 0 saturated heterocycles. The molecule has 0 amide bonds. The summed E-state index contributed by atoms with van der Waals surface area (Å²) < 4.78 is 11.5. The van der Waals surface area contributed by atoms with Crippen molar-refractivity contribution < 1.29 is 9.47 Å². The van der Waals surface area contributed by atoms with Crippen molar-refractivity contribution in [2.24, 2.45) is 0 Å². The van der Waals surface area contributed by atoms with Gasteiger partial charge in [-0.3, -0.25) is 4.98 Å². The first-order valence-corrected chi connectivity index (χ1v) is 8.74. The summed E-state index contributed by atoms with van der Waals surface area (Å²) >= 11 is 0. The molecule has 1 N–H and O–H groups in total. The fourth-order valence-electron chi connectivity index (χ4n) is 2.56. The fourth-order valence-corrected chi connectivity index (χ4v) is 2.56. The summed E-state index contributed by atoms with van der Waals surface area (Å²) in [5, 5.41) is 3.50. The highest BCUT2D eigenvalue weighted by Crippen LogP contribution is 2.31. The van der Waals surface area contributed by atoms with Crippen LogP contribution in [0.4, 0.5) is 0 Å². The minimum Gasteiger partial charge on any atom is -0.493 e. The number of unbranched alkanes of at least 4 members (excludes halogenated alkanes) is 2. The molecule has 0 aliphatic rings. The first kappa shape index (κ1) is 18.3. The summed E-state index contributed by atoms with van der Waals surface area (Å²) in [5.74, 6) is 1.59. The SMILES string of the molecule is CCCCCNCCc1cccc(OC)c1OCc1ccccn1. The third-order valence-corrected chi connectivity index (χ3v) is 3.90. The van der Waals surface area contributed by atoms with Gasteiger partial charge in [-0.2, -0.15) is 0 Å². The Morgan fingerprint density at radius 3 is 2.71 bits per heavy atom. The van der Waals surface area contributed by atoms with Crippen molar-refractivity contribution in [1.29, 1.82) is 0 Å². The lowest BCUT2D eigenvalue weighted by atomic mass is 10.1. The molecule has 0 bridgehead atoms. The largest absolute Gasteiger partial charge is 0.493 e. The molecule has 0 fully saturated rings. The van der Waals surface area contributed by atoms with Gasteiger partial charge in [0.25, 0.3) is 0 Å². The van der Waals surface area contributed by atoms with E-state index in [1.165, 1.54) is 19.3 Å². The second-order valence-electron chi connectivity index (χ2n) is 5.77. The molecule has 4 heteroatoms. The number of aromatic nitrogens is 1. The van der Waals surface area contributed by atoms with E-state index in [1.807, 2.05) is 30.3 Å². The molecule has 0 atom stereocenters. The smallest absolute Gasteiger partial charge is 0.164 e. The zero-order chi connectivity index (χ0) is 17.0. The molecular formula is C20H28N2O2. The van der Waals surface area contributed by atoms with E-state index in [9.17, 15) is 0 Å². The van der Waals surface area contributed by atoms with Gasteiger partial charge in [-0.15, -0.1) is 0 Å². The van der Waals surface area contributed by atoms with Crippen molar-refractivity contribution in [3.8, 4) is 11.5 Å². The maximum atomic E-state index is 6.03. The molecule has 0 saturated carbocycles. The molecule has 24 heavy (non-hydrogen) atoms. The number of hydrogen-bond donors (Lipinski definition) is 1. The number of benzene rings is 1. The maximum absolute atomic E-state index is 6.03. The number of ether oxygens (including phenoxy) is 2. The van der Waals surface area contributed by atoms with Crippen molar-refractivity contribution in [3.05, 3.63) is 53.9 Å². The van der Waals surface area contributed by atoms with E-state index in [-0.39, 0.29) is 0 Å². The van der Waals surface area contributed by atoms with E-state index in [2.05, 4.69) is 23.3 Å². The zero-order valence-electron chi connectivity index (χ0n) is 14.8. The Balaban J connectivity index is 1.94. The second kappa shape index (κ2) is 10.7. The monoisotopic (exact) mass is 328 g/mol. The molecule has 0 aliphatic heterocycles. The second-order valence-corrected chi connectivity index (χ2v) is 5.77. The number of rotatable bonds is 11. The summed E-state index contributed by atoms with van der Waals surface area (Å²) in [4.78, 5) is 4.30. The molecular weight excluding hydrogens is 300 g/mol. The molecule has 0 unspecified atom stereocenters. The highest BCUT2D eigenvalue weighted by molar-refractivity contribution is 5.46. The molecule has 1 aromatic carbocycles. The van der Waals surface area contributed by atoms with E-state index in [1.54, 1.807) is 13.3 Å². The number of para-hydroxylation sites is 1. The predicted molar refractivity (Wildman–Crippen MR) is 97.7 cm³/mol. The molecule has 4 nitrogen and oxygen atoms in total. The van der Waals surface area contributed by atoms with Crippen LogP contribution < -0.4 is 14.8 Å². The van der Waals surface area contributed by atoms with Gasteiger partial charge in [0.2, 0.25) is 0 Å². The summed E-state index contributed by atoms with van der Waals surface area (Å²) in [6.45, 7) is 4.68. The average molecular weight is 328 g/mol. The molecule has 1 aromatic heterocycles. The Hall–Kier alpha value is -2.07. The van der Waals surface area contributed by atoms with Crippen LogP contribution in [0, 0.1) is 0 Å². The third kappa shape index (κ3) is 5.85. The van der Waals surface area contributed by atoms with Crippen LogP contribution in [-0.2, 0) is 13.0 Å². The van der Waals surface area contributed by atoms with Crippen molar-refractivity contribution >= 4 is 0 Å². The summed E-state index contributed by atoms with van der Waals surface area (Å²) in [7, 11) is 1.68. The lowest BCUT2D eigenvalue weighted by molar-refractivity contribution is 0.277. The van der Waals surface area contributed by atoms with Crippen molar-refractivity contribution in [3.63, 3.8) is 0 Å². The highest BCUT2D eigenvalue weighted by Gasteiger charge is 2.11. The van der Waals surface area contributed by atoms with E-state index >= 15 is 0 Å². The summed E-state index contributed by atoms with van der Waals surface area (Å²) in [5.41, 5.74) is 2.07. The van der Waals surface area contributed by atoms with Gasteiger partial charge in [-0.25, -0.2) is 0 Å². The van der Waals surface area contributed by atoms with E-state index in [0.717, 1.165) is 42.3 Å². The molecule has 0 aliphatic carbocycles. The maximum Gasteiger partial charge on any atom is 0.164 e. The first-order valence-electron chi connectivity index (χ1n) is 8.74. The van der Waals surface area contributed by atoms with Gasteiger partial charge in [-0.1, -0.05) is 38.0 Å². The lowest BCUT2D eigenvalue weighted by Gasteiger charge is -2.15. The average Bonchev–Trinajstić information content (AvgIpc) is 2.64. The van der Waals surface area contributed by atoms with Gasteiger partial charge in [0, 0.05) is 6.20 Å². The number of nitrogens with zero attached hydrogens (tertiary/aromatic N) is 1. The Kier molecular flexibility index (Phi) is 8.11. The first-order chi connectivity index (χ1) is 11.8. The Labute approximate surface area is 145 Å². The van der Waals surface area contributed by atoms with Gasteiger partial charge < -0.3 is 14.8 Å². The van der Waals surface area contributed by atoms with Gasteiger partial charge in [0.1, 0.15) is 6.61 Å². The fraction of sp³-hybridized carbons (Fsp3) is 0.450. The van der Waals surface area contributed by atoms with E-state index in [4.69, 9.17) is 9.47 Å². The van der Waals surface area contributed by atoms with E-state index < -0.39 is 0 Å². The van der Waals surface area contributed by atoms with Crippen LogP contribution >= 0.6 is 0 Å². The van der Waals surface area contributed by atoms with Gasteiger partial charge in [-0.05, 0) is 49.7 Å². The van der Waals surface area contributed by atoms with Crippen molar-refractivity contribution in [2.45, 2.75) is 39.2 Å². The minimum atomic E-state index is 0.443. The predicted octanol–water partition coefficient (Wildman–Crippen LogP) is 3.99. The number of hydrogen-bond acceptors (Lipinski definition) is 4. The minimum absolute atomic E-state index is 0.443. The van der Waals surface area contributed by atoms with Crippen LogP contribution in [0.25, 0.3) is 0 Å². The Bertz CT molecular complexity index is 587. The normalized spacial score (nSPS) is 10.6. The van der Waals surface area contributed by atoms with Crippen LogP contribution in [0.15, 0.2) is 42.6 Å². The summed E-state index contributed by atoms with van der Waals surface area (Å²) in [6.07, 6.45) is 6.47. The van der Waals surface area contributed by atoms with E-state index in [0.29, 0.717) is 6.61 Å². The van der Waals surface area contributed by atoms with Gasteiger partial charge in [0.15, 0.2) is 11.5 Å². The van der Waals surface area contributed by atoms with Crippen LogP contribution in [0.3, 0.4) is 0 Å². The number of methoxy groups -OCH3 is 1. The van der Waals surface area contributed by atoms with Crippen LogP contribution in [-0.4, -0.2) is 25.2 Å². The summed E-state index contributed by atoms with van der Waals surface area (Å²) in [6, 6.07) is 11.9. The van der Waals surface area contributed by atoms with Crippen molar-refractivity contribution in [2.75, 3.05) is 20.2 Å². The topological polar surface area (TPSA) is 43.4 Å². The number of nitrogens with one attached hydrogen (secondary N) is 1. The van der Waals surface area contributed by atoms with Crippen LogP contribution in [0.1, 0.15) is 37.4 Å². The van der Waals surface area contributed by atoms with Gasteiger partial charge >= 0.3 is 0 Å². The molecule has 130 valence electrons. The molecule has 0 radical (unpaired) electrons. The third-order valence-electron chi connectivity index (χ3n) is 3.90. The van der Waals surface area contributed by atoms with Gasteiger partial charge in [0.05, 0.1) is 12.8 Å². The van der Waals surface area contributed by atoms with Crippen LogP contribution in [0.5, 0.6) is 11.5 Å². The quantitative estimate of drug-likeness (QED) is 0.633. The standard InChI is InChI=1S/C20H28N2O2/c1-3-4-6-13-21-15-12-17-9-8-11-19(23-2)20(17)24-16-18-10-5-7-14-22-18/h5,7-11,14,21H,3-4,6,12-13,15-16H2,1-2H3. The zero-order valence-corrected chi connectivity index (χ0v) is 14.8. The van der Waals surface area contributed by atoms with Crippen LogP contribution in [0.2, 0.25) is 0 Å². The molecule has 2 rings (SSSR count). The molecule has 2 aromatic rings. The Morgan fingerprint density at radius 2 is 1.96 bits per heavy atom. The molecule has 1 heterocycles. The molecule has 0 spiro atoms. The number of pyridine rings is 1. The lowest BCUT2D eigenvalue weighted by Crippen LogP contribution is -2.18.